The van der Waals surface area contributed by atoms with Crippen LogP contribution in [0.4, 0.5) is 23.1 Å². The SMILES string of the molecule is COc1cc(N2CCC(C(N)=O)CC2)ccc1Nc1nc(NC2CCOCC2)c2[nH]c[nH+]c2n1. The van der Waals surface area contributed by atoms with Crippen molar-refractivity contribution in [2.24, 2.45) is 11.7 Å². The van der Waals surface area contributed by atoms with E-state index in [9.17, 15) is 4.79 Å². The van der Waals surface area contributed by atoms with Crippen molar-refractivity contribution in [1.82, 2.24) is 15.0 Å². The average Bonchev–Trinajstić information content (AvgIpc) is 3.34. The quantitative estimate of drug-likeness (QED) is 0.412. The second-order valence-electron chi connectivity index (χ2n) is 8.76. The van der Waals surface area contributed by atoms with Crippen LogP contribution in [0.15, 0.2) is 24.5 Å². The van der Waals surface area contributed by atoms with E-state index in [0.717, 1.165) is 74.7 Å². The van der Waals surface area contributed by atoms with Gasteiger partial charge < -0.3 is 30.7 Å². The number of aromatic nitrogens is 4. The Balaban J connectivity index is 1.35. The Morgan fingerprint density at radius 2 is 2.03 bits per heavy atom. The molecule has 2 aliphatic heterocycles. The fraction of sp³-hybridized carbons (Fsp3) is 0.478. The number of fused-ring (bicyclic) bond motifs is 1. The molecule has 3 aromatic rings. The standard InChI is InChI=1S/C23H30N8O3/c1-33-18-12-16(31-8-4-14(5-9-31)20(24)32)2-3-17(18)28-23-29-21-19(25-13-26-21)22(30-23)27-15-6-10-34-11-7-15/h2-3,12-15H,4-11H2,1H3,(H2,24,32)(H3,25,26,27,28,29,30)/p+1. The molecule has 2 saturated heterocycles. The zero-order valence-electron chi connectivity index (χ0n) is 19.3. The van der Waals surface area contributed by atoms with Gasteiger partial charge in [-0.2, -0.15) is 4.98 Å². The molecule has 2 fully saturated rings. The van der Waals surface area contributed by atoms with Gasteiger partial charge in [0.05, 0.1) is 12.8 Å². The van der Waals surface area contributed by atoms with E-state index in [1.165, 1.54) is 0 Å². The number of nitrogens with zero attached hydrogens (tertiary/aromatic N) is 3. The highest BCUT2D eigenvalue weighted by Crippen LogP contribution is 2.33. The van der Waals surface area contributed by atoms with E-state index >= 15 is 0 Å². The first-order valence-electron chi connectivity index (χ1n) is 11.7. The van der Waals surface area contributed by atoms with Gasteiger partial charge in [0.1, 0.15) is 5.75 Å². The van der Waals surface area contributed by atoms with Crippen molar-refractivity contribution in [3.05, 3.63) is 24.5 Å². The van der Waals surface area contributed by atoms with Gasteiger partial charge in [0.25, 0.3) is 0 Å². The number of H-pyrrole nitrogens is 2. The van der Waals surface area contributed by atoms with Crippen LogP contribution in [0, 0.1) is 5.92 Å². The van der Waals surface area contributed by atoms with Gasteiger partial charge in [-0.25, -0.2) is 4.98 Å². The molecule has 11 nitrogen and oxygen atoms in total. The van der Waals surface area contributed by atoms with Crippen molar-refractivity contribution in [1.29, 1.82) is 0 Å². The molecule has 4 heterocycles. The van der Waals surface area contributed by atoms with Gasteiger partial charge in [-0.3, -0.25) is 9.78 Å². The maximum absolute atomic E-state index is 11.5. The molecule has 2 aliphatic rings. The topological polar surface area (TPSA) is 145 Å². The van der Waals surface area contributed by atoms with Crippen LogP contribution in [0.5, 0.6) is 5.75 Å². The number of carbonyl (C=O) groups excluding carboxylic acids is 1. The molecule has 0 unspecified atom stereocenters. The lowest BCUT2D eigenvalue weighted by Crippen LogP contribution is -2.38. The molecule has 1 amide bonds. The molecule has 0 atom stereocenters. The minimum Gasteiger partial charge on any atom is -0.494 e. The van der Waals surface area contributed by atoms with Gasteiger partial charge in [-0.1, -0.05) is 4.98 Å². The molecular formula is C23H31N8O3+. The zero-order chi connectivity index (χ0) is 23.5. The number of hydrogen-bond donors (Lipinski definition) is 4. The number of carbonyl (C=O) groups is 1. The smallest absolute Gasteiger partial charge is 0.307 e. The van der Waals surface area contributed by atoms with E-state index in [4.69, 9.17) is 20.2 Å². The Morgan fingerprint density at radius 3 is 2.76 bits per heavy atom. The minimum absolute atomic E-state index is 0.0414. The first-order valence-corrected chi connectivity index (χ1v) is 11.7. The number of imidazole rings is 1. The Morgan fingerprint density at radius 1 is 1.24 bits per heavy atom. The molecular weight excluding hydrogens is 436 g/mol. The molecule has 180 valence electrons. The van der Waals surface area contributed by atoms with E-state index in [1.54, 1.807) is 13.4 Å². The summed E-state index contributed by atoms with van der Waals surface area (Å²) >= 11 is 0. The van der Waals surface area contributed by atoms with E-state index in [0.29, 0.717) is 23.4 Å². The van der Waals surface area contributed by atoms with Gasteiger partial charge in [0.15, 0.2) is 12.1 Å². The largest absolute Gasteiger partial charge is 0.494 e. The van der Waals surface area contributed by atoms with Crippen molar-refractivity contribution in [2.45, 2.75) is 31.7 Å². The number of ether oxygens (including phenoxy) is 2. The third-order valence-electron chi connectivity index (χ3n) is 6.59. The van der Waals surface area contributed by atoms with E-state index < -0.39 is 0 Å². The van der Waals surface area contributed by atoms with Crippen LogP contribution in [0.3, 0.4) is 0 Å². The molecule has 0 bridgehead atoms. The summed E-state index contributed by atoms with van der Waals surface area (Å²) in [5, 5.41) is 6.84. The normalized spacial score (nSPS) is 17.6. The lowest BCUT2D eigenvalue weighted by molar-refractivity contribution is -0.347. The fourth-order valence-electron chi connectivity index (χ4n) is 4.60. The Labute approximate surface area is 197 Å². The van der Waals surface area contributed by atoms with Crippen LogP contribution in [0.2, 0.25) is 0 Å². The molecule has 6 N–H and O–H groups in total. The Kier molecular flexibility index (Phi) is 6.35. The molecule has 0 aliphatic carbocycles. The average molecular weight is 468 g/mol. The van der Waals surface area contributed by atoms with Gasteiger partial charge >= 0.3 is 11.6 Å². The van der Waals surface area contributed by atoms with Crippen molar-refractivity contribution >= 4 is 40.2 Å². The van der Waals surface area contributed by atoms with Crippen LogP contribution in [-0.2, 0) is 9.53 Å². The summed E-state index contributed by atoms with van der Waals surface area (Å²) in [4.78, 5) is 29.4. The zero-order valence-corrected chi connectivity index (χ0v) is 19.3. The number of nitrogens with two attached hydrogens (primary N) is 1. The van der Waals surface area contributed by atoms with E-state index in [2.05, 4.69) is 30.5 Å². The predicted octanol–water partition coefficient (Wildman–Crippen LogP) is 1.82. The minimum atomic E-state index is -0.209. The van der Waals surface area contributed by atoms with Crippen LogP contribution >= 0.6 is 0 Å². The van der Waals surface area contributed by atoms with E-state index in [-0.39, 0.29) is 11.8 Å². The van der Waals surface area contributed by atoms with Crippen molar-refractivity contribution in [2.75, 3.05) is 48.9 Å². The van der Waals surface area contributed by atoms with Crippen LogP contribution in [-0.4, -0.2) is 60.3 Å². The third kappa shape index (κ3) is 4.69. The molecule has 0 radical (unpaired) electrons. The Bertz CT molecular complexity index is 1150. The second-order valence-corrected chi connectivity index (χ2v) is 8.76. The molecule has 1 aromatic carbocycles. The maximum atomic E-state index is 11.5. The van der Waals surface area contributed by atoms with Crippen LogP contribution < -0.4 is 31.0 Å². The highest BCUT2D eigenvalue weighted by atomic mass is 16.5. The summed E-state index contributed by atoms with van der Waals surface area (Å²) in [5.41, 5.74) is 8.82. The monoisotopic (exact) mass is 467 g/mol. The summed E-state index contributed by atoms with van der Waals surface area (Å²) < 4.78 is 11.1. The highest BCUT2D eigenvalue weighted by Gasteiger charge is 2.24. The summed E-state index contributed by atoms with van der Waals surface area (Å²) in [6, 6.07) is 6.30. The molecule has 0 saturated carbocycles. The maximum Gasteiger partial charge on any atom is 0.307 e. The van der Waals surface area contributed by atoms with Crippen molar-refractivity contribution in [3.63, 3.8) is 0 Å². The number of benzene rings is 1. The van der Waals surface area contributed by atoms with Gasteiger partial charge in [-0.15, -0.1) is 0 Å². The van der Waals surface area contributed by atoms with Crippen LogP contribution in [0.25, 0.3) is 11.2 Å². The summed E-state index contributed by atoms with van der Waals surface area (Å²) in [5.74, 6) is 1.65. The lowest BCUT2D eigenvalue weighted by Gasteiger charge is -2.32. The number of aromatic amines is 2. The third-order valence-corrected chi connectivity index (χ3v) is 6.59. The summed E-state index contributed by atoms with van der Waals surface area (Å²) in [6.45, 7) is 3.07. The number of methoxy groups -OCH3 is 1. The number of piperidine rings is 1. The molecule has 5 rings (SSSR count). The van der Waals surface area contributed by atoms with Gasteiger partial charge in [0, 0.05) is 50.0 Å². The predicted molar refractivity (Wildman–Crippen MR) is 128 cm³/mol. The summed E-state index contributed by atoms with van der Waals surface area (Å²) in [6.07, 6.45) is 5.15. The number of anilines is 4. The van der Waals surface area contributed by atoms with E-state index in [1.807, 2.05) is 18.2 Å². The number of rotatable bonds is 7. The molecule has 34 heavy (non-hydrogen) atoms. The van der Waals surface area contributed by atoms with Crippen molar-refractivity contribution < 1.29 is 19.3 Å². The number of primary amides is 1. The highest BCUT2D eigenvalue weighted by molar-refractivity contribution is 5.82. The van der Waals surface area contributed by atoms with Gasteiger partial charge in [-0.05, 0) is 37.8 Å². The molecule has 11 heteroatoms. The fourth-order valence-corrected chi connectivity index (χ4v) is 4.60. The first-order chi connectivity index (χ1) is 16.6. The second kappa shape index (κ2) is 9.72. The number of amides is 1. The number of hydrogen-bond acceptors (Lipinski definition) is 8. The summed E-state index contributed by atoms with van der Waals surface area (Å²) in [7, 11) is 1.64. The lowest BCUT2D eigenvalue weighted by atomic mass is 9.96. The van der Waals surface area contributed by atoms with Gasteiger partial charge in [0.2, 0.25) is 11.4 Å². The molecule has 0 spiro atoms. The Hall–Kier alpha value is -3.60. The number of nitrogens with one attached hydrogen (secondary N) is 4. The first kappa shape index (κ1) is 22.2. The van der Waals surface area contributed by atoms with Crippen molar-refractivity contribution in [3.8, 4) is 5.75 Å². The molecule has 2 aromatic heterocycles. The van der Waals surface area contributed by atoms with Crippen LogP contribution in [0.1, 0.15) is 25.7 Å².